The Hall–Kier alpha value is -2.98. The number of esters is 1. The average molecular weight is 698 g/mol. The molecule has 24 heteroatoms. The SMILES string of the molecule is COc1cccc(C(=O)OCCC(F)(F)C(F)(F)C(F)(F)C(F)(F)C(F)(F)C(F)(F)C(F)(F)C(F)(F)C(F)(F)C(F)(F)F)c1. The van der Waals surface area contributed by atoms with Crippen molar-refractivity contribution >= 4 is 5.97 Å². The van der Waals surface area contributed by atoms with Gasteiger partial charge in [-0.1, -0.05) is 6.07 Å². The highest BCUT2D eigenvalue weighted by Crippen LogP contribution is 2.66. The Morgan fingerprint density at radius 1 is 0.568 bits per heavy atom. The molecule has 44 heavy (non-hydrogen) atoms. The predicted molar refractivity (Wildman–Crippen MR) is 98.5 cm³/mol. The van der Waals surface area contributed by atoms with Crippen molar-refractivity contribution < 1.29 is 106 Å². The largest absolute Gasteiger partial charge is 0.497 e. The first-order chi connectivity index (χ1) is 19.2. The number of hydrogen-bond acceptors (Lipinski definition) is 3. The molecule has 0 fully saturated rings. The first-order valence-corrected chi connectivity index (χ1v) is 10.5. The molecule has 0 saturated carbocycles. The zero-order chi connectivity index (χ0) is 35.4. The molecule has 0 unspecified atom stereocenters. The van der Waals surface area contributed by atoms with Crippen molar-refractivity contribution in [1.29, 1.82) is 0 Å². The Kier molecular flexibility index (Phi) is 9.87. The minimum absolute atomic E-state index is 0.124. The highest BCUT2D eigenvalue weighted by Gasteiger charge is 2.97. The van der Waals surface area contributed by atoms with Crippen molar-refractivity contribution in [3.05, 3.63) is 29.8 Å². The van der Waals surface area contributed by atoms with Gasteiger partial charge in [-0.25, -0.2) is 4.79 Å². The monoisotopic (exact) mass is 698 g/mol. The maximum absolute atomic E-state index is 13.9. The molecule has 0 amide bonds. The van der Waals surface area contributed by atoms with Crippen LogP contribution in [0.4, 0.5) is 92.2 Å². The van der Waals surface area contributed by atoms with Crippen LogP contribution < -0.4 is 4.74 Å². The summed E-state index contributed by atoms with van der Waals surface area (Å²) in [6.07, 6.45) is -11.1. The van der Waals surface area contributed by atoms with Gasteiger partial charge in [0.25, 0.3) is 0 Å². The molecular weight excluding hydrogens is 687 g/mol. The van der Waals surface area contributed by atoms with Crippen LogP contribution in [-0.2, 0) is 4.74 Å². The summed E-state index contributed by atoms with van der Waals surface area (Å²) in [5, 5.41) is 0. The van der Waals surface area contributed by atoms with E-state index in [2.05, 4.69) is 9.47 Å². The van der Waals surface area contributed by atoms with Gasteiger partial charge >= 0.3 is 65.4 Å². The summed E-state index contributed by atoms with van der Waals surface area (Å²) in [4.78, 5) is 11.7. The maximum Gasteiger partial charge on any atom is 0.460 e. The van der Waals surface area contributed by atoms with E-state index in [9.17, 15) is 97.0 Å². The number of ether oxygens (including phenoxy) is 2. The van der Waals surface area contributed by atoms with Gasteiger partial charge in [0.1, 0.15) is 5.75 Å². The lowest BCUT2D eigenvalue weighted by Crippen LogP contribution is -2.76. The Morgan fingerprint density at radius 2 is 0.932 bits per heavy atom. The predicted octanol–water partition coefficient (Wildman–Crippen LogP) is 8.52. The third-order valence-corrected chi connectivity index (χ3v) is 5.53. The van der Waals surface area contributed by atoms with Crippen LogP contribution in [-0.4, -0.2) is 79.2 Å². The zero-order valence-corrected chi connectivity index (χ0v) is 20.4. The number of hydrogen-bond donors (Lipinski definition) is 0. The van der Waals surface area contributed by atoms with Crippen molar-refractivity contribution in [2.45, 2.75) is 65.9 Å². The molecule has 0 N–H and O–H groups in total. The minimum atomic E-state index is -9.23. The lowest BCUT2D eigenvalue weighted by atomic mass is 9.86. The normalized spacial score (nSPS) is 15.3. The molecule has 0 radical (unpaired) electrons. The van der Waals surface area contributed by atoms with Crippen molar-refractivity contribution in [2.24, 2.45) is 0 Å². The molecule has 0 aliphatic carbocycles. The molecule has 1 aromatic carbocycles. The van der Waals surface area contributed by atoms with E-state index in [1.54, 1.807) is 0 Å². The van der Waals surface area contributed by atoms with Crippen molar-refractivity contribution in [1.82, 2.24) is 0 Å². The standard InChI is InChI=1S/C20H11F21O3/c1-43-9-4-2-3-8(7-9)10(42)44-6-5-11(21,22)12(23,24)13(25,26)14(27,28)15(29,30)16(31,32)17(33,34)18(35,36)19(37,38)20(39,40)41/h2-4,7H,5-6H2,1H3. The number of rotatable bonds is 13. The summed E-state index contributed by atoms with van der Waals surface area (Å²) < 4.78 is 289. The van der Waals surface area contributed by atoms with Gasteiger partial charge in [-0.15, -0.1) is 0 Å². The van der Waals surface area contributed by atoms with Gasteiger partial charge in [0.2, 0.25) is 0 Å². The van der Waals surface area contributed by atoms with Crippen LogP contribution in [0.5, 0.6) is 5.75 Å². The number of benzene rings is 1. The molecule has 0 heterocycles. The topological polar surface area (TPSA) is 35.5 Å². The van der Waals surface area contributed by atoms with Crippen LogP contribution in [0, 0.1) is 0 Å². The average Bonchev–Trinajstić information content (AvgIpc) is 2.86. The van der Waals surface area contributed by atoms with E-state index in [4.69, 9.17) is 0 Å². The third kappa shape index (κ3) is 5.53. The lowest BCUT2D eigenvalue weighted by Gasteiger charge is -2.44. The molecule has 0 aliphatic rings. The quantitative estimate of drug-likeness (QED) is 0.153. The van der Waals surface area contributed by atoms with Gasteiger partial charge < -0.3 is 9.47 Å². The number of carbonyl (C=O) groups excluding carboxylic acids is 1. The Labute approximate surface area is 228 Å². The highest BCUT2D eigenvalue weighted by atomic mass is 19.4. The maximum atomic E-state index is 13.9. The Morgan fingerprint density at radius 3 is 1.30 bits per heavy atom. The Bertz CT molecular complexity index is 1190. The van der Waals surface area contributed by atoms with Crippen molar-refractivity contribution in [3.63, 3.8) is 0 Å². The van der Waals surface area contributed by atoms with E-state index >= 15 is 0 Å². The molecule has 0 saturated heterocycles. The van der Waals surface area contributed by atoms with Gasteiger partial charge in [0.15, 0.2) is 0 Å². The molecule has 0 atom stereocenters. The fraction of sp³-hybridized carbons (Fsp3) is 0.650. The smallest absolute Gasteiger partial charge is 0.460 e. The van der Waals surface area contributed by atoms with Gasteiger partial charge in [0.05, 0.1) is 25.7 Å². The highest BCUT2D eigenvalue weighted by molar-refractivity contribution is 5.89. The lowest BCUT2D eigenvalue weighted by molar-refractivity contribution is -0.474. The summed E-state index contributed by atoms with van der Waals surface area (Å²) in [5.41, 5.74) is -0.619. The molecule has 0 aromatic heterocycles. The molecular formula is C20H11F21O3. The second-order valence-electron chi connectivity index (χ2n) is 8.42. The second kappa shape index (κ2) is 11.1. The van der Waals surface area contributed by atoms with E-state index in [0.717, 1.165) is 25.3 Å². The fourth-order valence-electron chi connectivity index (χ4n) is 2.85. The van der Waals surface area contributed by atoms with E-state index < -0.39 is 84.0 Å². The third-order valence-electron chi connectivity index (χ3n) is 5.53. The molecule has 256 valence electrons. The minimum Gasteiger partial charge on any atom is -0.497 e. The number of methoxy groups -OCH3 is 1. The van der Waals surface area contributed by atoms with Crippen LogP contribution in [0.1, 0.15) is 16.8 Å². The van der Waals surface area contributed by atoms with E-state index in [1.807, 2.05) is 0 Å². The summed E-state index contributed by atoms with van der Waals surface area (Å²) in [6.45, 7) is -2.18. The van der Waals surface area contributed by atoms with Crippen molar-refractivity contribution in [3.8, 4) is 5.75 Å². The van der Waals surface area contributed by atoms with E-state index in [1.165, 1.54) is 6.07 Å². The van der Waals surface area contributed by atoms with E-state index in [-0.39, 0.29) is 5.75 Å². The molecule has 0 spiro atoms. The van der Waals surface area contributed by atoms with Gasteiger partial charge in [-0.2, -0.15) is 92.2 Å². The summed E-state index contributed by atoms with van der Waals surface area (Å²) >= 11 is 0. The Balaban J connectivity index is 3.47. The van der Waals surface area contributed by atoms with Crippen molar-refractivity contribution in [2.75, 3.05) is 13.7 Å². The summed E-state index contributed by atoms with van der Waals surface area (Å²) in [5.74, 6) is -79.5. The number of carbonyl (C=O) groups is 1. The van der Waals surface area contributed by atoms with Crippen LogP contribution in [0.15, 0.2) is 24.3 Å². The molecule has 3 nitrogen and oxygen atoms in total. The summed E-state index contributed by atoms with van der Waals surface area (Å²) in [7, 11) is 1.03. The molecule has 1 aromatic rings. The molecule has 0 bridgehead atoms. The fourth-order valence-corrected chi connectivity index (χ4v) is 2.85. The molecule has 1 rings (SSSR count). The number of halogens is 21. The van der Waals surface area contributed by atoms with Crippen LogP contribution in [0.25, 0.3) is 0 Å². The second-order valence-corrected chi connectivity index (χ2v) is 8.42. The zero-order valence-electron chi connectivity index (χ0n) is 20.4. The summed E-state index contributed by atoms with van der Waals surface area (Å²) in [6, 6.07) is 3.86. The first kappa shape index (κ1) is 39.0. The number of alkyl halides is 21. The first-order valence-electron chi connectivity index (χ1n) is 10.5. The van der Waals surface area contributed by atoms with Crippen LogP contribution in [0.2, 0.25) is 0 Å². The van der Waals surface area contributed by atoms with Crippen LogP contribution in [0.3, 0.4) is 0 Å². The van der Waals surface area contributed by atoms with Gasteiger partial charge in [-0.3, -0.25) is 0 Å². The van der Waals surface area contributed by atoms with Gasteiger partial charge in [-0.05, 0) is 18.2 Å². The van der Waals surface area contributed by atoms with E-state index in [0.29, 0.717) is 0 Å². The van der Waals surface area contributed by atoms with Gasteiger partial charge in [0, 0.05) is 0 Å². The van der Waals surface area contributed by atoms with Crippen LogP contribution >= 0.6 is 0 Å². The molecule has 0 aliphatic heterocycles.